The molecule has 3 heteroatoms. The van der Waals surface area contributed by atoms with Gasteiger partial charge in [-0.3, -0.25) is 0 Å². The standard InChI is InChI=1S/C9H9O2S/c1-7-2-3-8-5-12(10,11)6-9(8)4-7/h2-4H,1,5-6H2. The summed E-state index contributed by atoms with van der Waals surface area (Å²) >= 11 is 0. The highest BCUT2D eigenvalue weighted by Crippen LogP contribution is 2.25. The molecule has 0 amide bonds. The molecule has 0 saturated heterocycles. The third kappa shape index (κ3) is 1.25. The fourth-order valence-corrected chi connectivity index (χ4v) is 3.08. The molecule has 1 heterocycles. The van der Waals surface area contributed by atoms with Crippen LogP contribution in [0, 0.1) is 6.92 Å². The van der Waals surface area contributed by atoms with Crippen LogP contribution in [0.4, 0.5) is 0 Å². The smallest absolute Gasteiger partial charge is 0.158 e. The molecule has 0 fully saturated rings. The van der Waals surface area contributed by atoms with Gasteiger partial charge in [0.2, 0.25) is 0 Å². The lowest BCUT2D eigenvalue weighted by Crippen LogP contribution is -1.95. The van der Waals surface area contributed by atoms with Gasteiger partial charge in [-0.1, -0.05) is 18.2 Å². The summed E-state index contributed by atoms with van der Waals surface area (Å²) in [6.45, 7) is 3.75. The molecule has 0 N–H and O–H groups in total. The van der Waals surface area contributed by atoms with E-state index in [4.69, 9.17) is 0 Å². The molecular weight excluding hydrogens is 172 g/mol. The Morgan fingerprint density at radius 3 is 2.58 bits per heavy atom. The minimum atomic E-state index is -2.85. The normalized spacial score (nSPS) is 19.1. The van der Waals surface area contributed by atoms with Gasteiger partial charge >= 0.3 is 0 Å². The number of hydrogen-bond donors (Lipinski definition) is 0. The summed E-state index contributed by atoms with van der Waals surface area (Å²) in [5.74, 6) is 0.383. The molecule has 0 bridgehead atoms. The van der Waals surface area contributed by atoms with Crippen LogP contribution in [0.25, 0.3) is 0 Å². The summed E-state index contributed by atoms with van der Waals surface area (Å²) in [5, 5.41) is 0. The van der Waals surface area contributed by atoms with Crippen molar-refractivity contribution in [3.05, 3.63) is 41.8 Å². The zero-order valence-electron chi connectivity index (χ0n) is 6.58. The third-order valence-electron chi connectivity index (χ3n) is 2.02. The van der Waals surface area contributed by atoms with E-state index < -0.39 is 9.84 Å². The zero-order valence-corrected chi connectivity index (χ0v) is 7.39. The largest absolute Gasteiger partial charge is 0.228 e. The Labute approximate surface area is 72.1 Å². The van der Waals surface area contributed by atoms with E-state index >= 15 is 0 Å². The first-order chi connectivity index (χ1) is 5.57. The van der Waals surface area contributed by atoms with E-state index in [9.17, 15) is 8.42 Å². The molecule has 0 atom stereocenters. The second-order valence-corrected chi connectivity index (χ2v) is 5.20. The van der Waals surface area contributed by atoms with Crippen molar-refractivity contribution in [2.24, 2.45) is 0 Å². The van der Waals surface area contributed by atoms with Crippen molar-refractivity contribution in [1.82, 2.24) is 0 Å². The number of rotatable bonds is 0. The Morgan fingerprint density at radius 1 is 1.17 bits per heavy atom. The maximum absolute atomic E-state index is 11.2. The molecule has 2 nitrogen and oxygen atoms in total. The molecule has 1 aliphatic rings. The topological polar surface area (TPSA) is 34.1 Å². The van der Waals surface area contributed by atoms with E-state index in [2.05, 4.69) is 6.92 Å². The van der Waals surface area contributed by atoms with Crippen LogP contribution < -0.4 is 0 Å². The Hall–Kier alpha value is -0.830. The van der Waals surface area contributed by atoms with Gasteiger partial charge in [0.25, 0.3) is 0 Å². The summed E-state index contributed by atoms with van der Waals surface area (Å²) in [7, 11) is -2.85. The summed E-state index contributed by atoms with van der Waals surface area (Å²) in [6.07, 6.45) is 0. The molecule has 1 aromatic carbocycles. The van der Waals surface area contributed by atoms with Crippen LogP contribution >= 0.6 is 0 Å². The van der Waals surface area contributed by atoms with Gasteiger partial charge in [-0.15, -0.1) is 0 Å². The van der Waals surface area contributed by atoms with Crippen LogP contribution in [0.15, 0.2) is 18.2 Å². The van der Waals surface area contributed by atoms with Crippen LogP contribution in [0.5, 0.6) is 0 Å². The highest BCUT2D eigenvalue weighted by Gasteiger charge is 2.23. The summed E-state index contributed by atoms with van der Waals surface area (Å²) in [4.78, 5) is 0. The quantitative estimate of drug-likeness (QED) is 0.604. The predicted molar refractivity (Wildman–Crippen MR) is 47.2 cm³/mol. The monoisotopic (exact) mass is 181 g/mol. The number of hydrogen-bond acceptors (Lipinski definition) is 2. The third-order valence-corrected chi connectivity index (χ3v) is 3.52. The van der Waals surface area contributed by atoms with Gasteiger partial charge in [0.05, 0.1) is 11.5 Å². The van der Waals surface area contributed by atoms with E-state index in [0.717, 1.165) is 16.7 Å². The van der Waals surface area contributed by atoms with E-state index in [-0.39, 0.29) is 11.5 Å². The van der Waals surface area contributed by atoms with Crippen LogP contribution in [0.2, 0.25) is 0 Å². The lowest BCUT2D eigenvalue weighted by Gasteiger charge is -1.96. The van der Waals surface area contributed by atoms with Crippen molar-refractivity contribution in [2.45, 2.75) is 11.5 Å². The van der Waals surface area contributed by atoms with Crippen molar-refractivity contribution in [2.75, 3.05) is 0 Å². The molecular formula is C9H9O2S. The zero-order chi connectivity index (χ0) is 8.77. The molecule has 63 valence electrons. The van der Waals surface area contributed by atoms with Gasteiger partial charge in [0, 0.05) is 0 Å². The lowest BCUT2D eigenvalue weighted by molar-refractivity contribution is 0.598. The fraction of sp³-hybridized carbons (Fsp3) is 0.222. The van der Waals surface area contributed by atoms with Crippen molar-refractivity contribution in [3.8, 4) is 0 Å². The average molecular weight is 181 g/mol. The van der Waals surface area contributed by atoms with Gasteiger partial charge in [-0.25, -0.2) is 8.42 Å². The van der Waals surface area contributed by atoms with Crippen LogP contribution in [0.1, 0.15) is 16.7 Å². The molecule has 2 rings (SSSR count). The highest BCUT2D eigenvalue weighted by molar-refractivity contribution is 7.90. The maximum Gasteiger partial charge on any atom is 0.158 e. The Balaban J connectivity index is 2.56. The highest BCUT2D eigenvalue weighted by atomic mass is 32.2. The lowest BCUT2D eigenvalue weighted by atomic mass is 10.1. The van der Waals surface area contributed by atoms with Crippen LogP contribution in [0.3, 0.4) is 0 Å². The van der Waals surface area contributed by atoms with Gasteiger partial charge in [-0.2, -0.15) is 0 Å². The first-order valence-electron chi connectivity index (χ1n) is 3.71. The van der Waals surface area contributed by atoms with E-state index in [0.29, 0.717) is 0 Å². The van der Waals surface area contributed by atoms with Gasteiger partial charge in [0.15, 0.2) is 9.84 Å². The number of sulfone groups is 1. The molecule has 12 heavy (non-hydrogen) atoms. The number of fused-ring (bicyclic) bond motifs is 1. The maximum atomic E-state index is 11.2. The van der Waals surface area contributed by atoms with E-state index in [1.165, 1.54) is 0 Å². The minimum Gasteiger partial charge on any atom is -0.228 e. The minimum absolute atomic E-state index is 0.186. The van der Waals surface area contributed by atoms with E-state index in [1.807, 2.05) is 18.2 Å². The first kappa shape index (κ1) is 7.80. The van der Waals surface area contributed by atoms with Crippen molar-refractivity contribution >= 4 is 9.84 Å². The summed E-state index contributed by atoms with van der Waals surface area (Å²) < 4.78 is 22.4. The van der Waals surface area contributed by atoms with Crippen molar-refractivity contribution in [3.63, 3.8) is 0 Å². The Morgan fingerprint density at radius 2 is 1.83 bits per heavy atom. The fourth-order valence-electron chi connectivity index (χ4n) is 1.48. The molecule has 0 aliphatic carbocycles. The second kappa shape index (κ2) is 2.33. The average Bonchev–Trinajstić information content (AvgIpc) is 2.21. The van der Waals surface area contributed by atoms with Crippen molar-refractivity contribution < 1.29 is 8.42 Å². The SMILES string of the molecule is [CH2]c1ccc2c(c1)CS(=O)(=O)C2. The molecule has 0 saturated carbocycles. The second-order valence-electron chi connectivity index (χ2n) is 3.14. The summed E-state index contributed by atoms with van der Waals surface area (Å²) in [5.41, 5.74) is 2.73. The van der Waals surface area contributed by atoms with Gasteiger partial charge in [-0.05, 0) is 23.6 Å². The Kier molecular flexibility index (Phi) is 1.51. The molecule has 1 radical (unpaired) electrons. The number of benzene rings is 1. The Bertz CT molecular complexity index is 418. The molecule has 0 aromatic heterocycles. The predicted octanol–water partition coefficient (Wildman–Crippen LogP) is 1.30. The molecule has 1 aromatic rings. The summed E-state index contributed by atoms with van der Waals surface area (Å²) in [6, 6.07) is 5.54. The molecule has 0 spiro atoms. The molecule has 1 aliphatic heterocycles. The van der Waals surface area contributed by atoms with Gasteiger partial charge < -0.3 is 0 Å². The van der Waals surface area contributed by atoms with Crippen LogP contribution in [-0.4, -0.2) is 8.42 Å². The first-order valence-corrected chi connectivity index (χ1v) is 5.53. The molecule has 0 unspecified atom stereocenters. The van der Waals surface area contributed by atoms with Crippen LogP contribution in [-0.2, 0) is 21.3 Å². The van der Waals surface area contributed by atoms with Gasteiger partial charge in [0.1, 0.15) is 0 Å². The van der Waals surface area contributed by atoms with Crippen molar-refractivity contribution in [1.29, 1.82) is 0 Å². The van der Waals surface area contributed by atoms with E-state index in [1.54, 1.807) is 0 Å².